The maximum absolute atomic E-state index is 10.5. The summed E-state index contributed by atoms with van der Waals surface area (Å²) < 4.78 is 0.119. The second kappa shape index (κ2) is 6.20. The standard InChI is InChI=1S/C6H11BrO2S2/c1-11-5(10)2-4(3-7)6(8)9/h4-5,10H,2-3H2,1H3,(H,8,9). The second-order valence-electron chi connectivity index (χ2n) is 2.12. The molecular weight excluding hydrogens is 248 g/mol. The van der Waals surface area contributed by atoms with Crippen LogP contribution in [0.5, 0.6) is 0 Å². The first-order chi connectivity index (χ1) is 5.11. The summed E-state index contributed by atoms with van der Waals surface area (Å²) in [5, 5.41) is 9.14. The van der Waals surface area contributed by atoms with Gasteiger partial charge in [0, 0.05) is 9.91 Å². The Bertz CT molecular complexity index is 132. The minimum atomic E-state index is -0.755. The molecule has 0 heterocycles. The summed E-state index contributed by atoms with van der Waals surface area (Å²) in [6, 6.07) is 0. The predicted octanol–water partition coefficient (Wildman–Crippen LogP) is 2.09. The number of alkyl halides is 1. The molecule has 0 saturated carbocycles. The Morgan fingerprint density at radius 2 is 2.36 bits per heavy atom. The van der Waals surface area contributed by atoms with Gasteiger partial charge in [0.2, 0.25) is 0 Å². The number of rotatable bonds is 5. The highest BCUT2D eigenvalue weighted by molar-refractivity contribution is 9.09. The van der Waals surface area contributed by atoms with Crippen LogP contribution >= 0.6 is 40.3 Å². The van der Waals surface area contributed by atoms with Crippen molar-refractivity contribution in [2.24, 2.45) is 5.92 Å². The predicted molar refractivity (Wildman–Crippen MR) is 55.8 cm³/mol. The van der Waals surface area contributed by atoms with Crippen molar-refractivity contribution in [3.8, 4) is 0 Å². The van der Waals surface area contributed by atoms with Gasteiger partial charge in [-0.05, 0) is 12.7 Å². The lowest BCUT2D eigenvalue weighted by Gasteiger charge is -2.12. The summed E-state index contributed by atoms with van der Waals surface area (Å²) in [5.41, 5.74) is 0. The van der Waals surface area contributed by atoms with Crippen LogP contribution in [-0.2, 0) is 4.79 Å². The van der Waals surface area contributed by atoms with E-state index in [2.05, 4.69) is 28.6 Å². The highest BCUT2D eigenvalue weighted by atomic mass is 79.9. The maximum atomic E-state index is 10.5. The average molecular weight is 259 g/mol. The number of thioether (sulfide) groups is 1. The first-order valence-electron chi connectivity index (χ1n) is 3.11. The lowest BCUT2D eigenvalue weighted by Crippen LogP contribution is -2.18. The van der Waals surface area contributed by atoms with Crippen LogP contribution in [0, 0.1) is 5.92 Å². The van der Waals surface area contributed by atoms with Crippen LogP contribution < -0.4 is 0 Å². The van der Waals surface area contributed by atoms with E-state index in [1.165, 1.54) is 0 Å². The summed E-state index contributed by atoms with van der Waals surface area (Å²) in [5.74, 6) is -1.07. The number of carbonyl (C=O) groups is 1. The van der Waals surface area contributed by atoms with Crippen LogP contribution in [0.2, 0.25) is 0 Å². The third kappa shape index (κ3) is 4.98. The van der Waals surface area contributed by atoms with Crippen LogP contribution in [0.3, 0.4) is 0 Å². The van der Waals surface area contributed by atoms with Gasteiger partial charge in [-0.3, -0.25) is 4.79 Å². The van der Waals surface area contributed by atoms with Crippen molar-refractivity contribution >= 4 is 46.3 Å². The summed E-state index contributed by atoms with van der Waals surface area (Å²) in [6.07, 6.45) is 2.52. The Labute approximate surface area is 84.7 Å². The maximum Gasteiger partial charge on any atom is 0.307 e. The lowest BCUT2D eigenvalue weighted by molar-refractivity contribution is -0.140. The molecule has 0 aliphatic heterocycles. The molecule has 0 aromatic heterocycles. The fourth-order valence-electron chi connectivity index (χ4n) is 0.569. The molecule has 0 spiro atoms. The van der Waals surface area contributed by atoms with Crippen LogP contribution in [0.1, 0.15) is 6.42 Å². The van der Waals surface area contributed by atoms with E-state index in [1.54, 1.807) is 11.8 Å². The molecule has 0 bridgehead atoms. The molecular formula is C6H11BrO2S2. The molecule has 2 nitrogen and oxygen atoms in total. The average Bonchev–Trinajstić information content (AvgIpc) is 1.99. The Hall–Kier alpha value is 0.650. The number of halogens is 1. The molecule has 2 atom stereocenters. The quantitative estimate of drug-likeness (QED) is 0.451. The Kier molecular flexibility index (Phi) is 6.56. The van der Waals surface area contributed by atoms with E-state index in [0.717, 1.165) is 0 Å². The highest BCUT2D eigenvalue weighted by Gasteiger charge is 2.18. The number of carboxylic acid groups (broad SMARTS) is 1. The Balaban J connectivity index is 3.77. The zero-order valence-electron chi connectivity index (χ0n) is 6.16. The molecule has 66 valence electrons. The zero-order valence-corrected chi connectivity index (χ0v) is 9.45. The second-order valence-corrected chi connectivity index (χ2v) is 4.78. The van der Waals surface area contributed by atoms with Gasteiger partial charge in [-0.15, -0.1) is 0 Å². The fourth-order valence-corrected chi connectivity index (χ4v) is 1.79. The van der Waals surface area contributed by atoms with Gasteiger partial charge in [0.25, 0.3) is 0 Å². The van der Waals surface area contributed by atoms with E-state index < -0.39 is 5.97 Å². The van der Waals surface area contributed by atoms with Crippen molar-refractivity contribution in [1.29, 1.82) is 0 Å². The first kappa shape index (κ1) is 11.6. The van der Waals surface area contributed by atoms with Gasteiger partial charge in [-0.1, -0.05) is 15.9 Å². The van der Waals surface area contributed by atoms with Gasteiger partial charge in [0.1, 0.15) is 0 Å². The van der Waals surface area contributed by atoms with Gasteiger partial charge >= 0.3 is 5.97 Å². The molecule has 0 amide bonds. The van der Waals surface area contributed by atoms with Crippen molar-refractivity contribution in [2.45, 2.75) is 11.0 Å². The molecule has 0 aliphatic carbocycles. The smallest absolute Gasteiger partial charge is 0.307 e. The molecule has 0 rings (SSSR count). The summed E-state index contributed by atoms with van der Waals surface area (Å²) in [4.78, 5) is 10.5. The number of carboxylic acids is 1. The fraction of sp³-hybridized carbons (Fsp3) is 0.833. The number of thiol groups is 1. The van der Waals surface area contributed by atoms with Crippen LogP contribution in [0.4, 0.5) is 0 Å². The van der Waals surface area contributed by atoms with Crippen molar-refractivity contribution in [1.82, 2.24) is 0 Å². The number of hydrogen-bond donors (Lipinski definition) is 2. The van der Waals surface area contributed by atoms with Gasteiger partial charge in [0.05, 0.1) is 5.92 Å². The van der Waals surface area contributed by atoms with Crippen LogP contribution in [0.25, 0.3) is 0 Å². The highest BCUT2D eigenvalue weighted by Crippen LogP contribution is 2.21. The molecule has 1 N–H and O–H groups in total. The van der Waals surface area contributed by atoms with Gasteiger partial charge in [-0.25, -0.2) is 0 Å². The molecule has 2 unspecified atom stereocenters. The van der Waals surface area contributed by atoms with Crippen LogP contribution in [0.15, 0.2) is 0 Å². The minimum absolute atomic E-state index is 0.119. The minimum Gasteiger partial charge on any atom is -0.481 e. The molecule has 11 heavy (non-hydrogen) atoms. The van der Waals surface area contributed by atoms with E-state index in [4.69, 9.17) is 5.11 Å². The summed E-state index contributed by atoms with van der Waals surface area (Å²) in [7, 11) is 0. The molecule has 5 heteroatoms. The number of hydrogen-bond acceptors (Lipinski definition) is 3. The normalized spacial score (nSPS) is 15.9. The monoisotopic (exact) mass is 258 g/mol. The summed E-state index contributed by atoms with van der Waals surface area (Å²) in [6.45, 7) is 0. The third-order valence-electron chi connectivity index (χ3n) is 1.29. The van der Waals surface area contributed by atoms with Gasteiger partial charge in [0.15, 0.2) is 0 Å². The molecule has 0 aromatic carbocycles. The zero-order chi connectivity index (χ0) is 8.85. The van der Waals surface area contributed by atoms with E-state index in [9.17, 15) is 4.79 Å². The lowest BCUT2D eigenvalue weighted by atomic mass is 10.1. The summed E-state index contributed by atoms with van der Waals surface area (Å²) >= 11 is 8.91. The SMILES string of the molecule is CSC(S)CC(CBr)C(=O)O. The van der Waals surface area contributed by atoms with Crippen molar-refractivity contribution in [3.05, 3.63) is 0 Å². The van der Waals surface area contributed by atoms with E-state index in [1.807, 2.05) is 6.26 Å². The molecule has 0 radical (unpaired) electrons. The third-order valence-corrected chi connectivity index (χ3v) is 3.66. The Morgan fingerprint density at radius 1 is 1.82 bits per heavy atom. The number of aliphatic carboxylic acids is 1. The topological polar surface area (TPSA) is 37.3 Å². The molecule has 0 aromatic rings. The first-order valence-corrected chi connectivity index (χ1v) is 6.04. The van der Waals surface area contributed by atoms with E-state index >= 15 is 0 Å². The van der Waals surface area contributed by atoms with Crippen molar-refractivity contribution < 1.29 is 9.90 Å². The van der Waals surface area contributed by atoms with Crippen molar-refractivity contribution in [3.63, 3.8) is 0 Å². The molecule has 0 fully saturated rings. The largest absolute Gasteiger partial charge is 0.481 e. The van der Waals surface area contributed by atoms with Crippen molar-refractivity contribution in [2.75, 3.05) is 11.6 Å². The molecule has 0 saturated heterocycles. The van der Waals surface area contributed by atoms with Gasteiger partial charge in [-0.2, -0.15) is 24.4 Å². The van der Waals surface area contributed by atoms with E-state index in [-0.39, 0.29) is 10.5 Å². The van der Waals surface area contributed by atoms with E-state index in [0.29, 0.717) is 11.8 Å². The van der Waals surface area contributed by atoms with Crippen LogP contribution in [-0.4, -0.2) is 27.2 Å². The Morgan fingerprint density at radius 3 is 2.64 bits per heavy atom. The molecule has 0 aliphatic rings. The van der Waals surface area contributed by atoms with Gasteiger partial charge < -0.3 is 5.11 Å².